The number of carbonyl (C=O) groups is 1. The topological polar surface area (TPSA) is 71.5 Å². The third kappa shape index (κ3) is 5.28. The Kier molecular flexibility index (Phi) is 6.95. The first kappa shape index (κ1) is 24.6. The molecule has 0 radical (unpaired) electrons. The van der Waals surface area contributed by atoms with Crippen LogP contribution < -0.4 is 4.90 Å². The minimum atomic E-state index is -3.02. The van der Waals surface area contributed by atoms with Crippen molar-refractivity contribution in [1.82, 2.24) is 19.9 Å². The van der Waals surface area contributed by atoms with E-state index in [-0.39, 0.29) is 41.5 Å². The van der Waals surface area contributed by atoms with E-state index in [0.717, 1.165) is 0 Å². The van der Waals surface area contributed by atoms with E-state index in [9.17, 15) is 18.0 Å². The summed E-state index contributed by atoms with van der Waals surface area (Å²) in [4.78, 5) is 26.7. The number of hydrogen-bond donors (Lipinski definition) is 0. The van der Waals surface area contributed by atoms with E-state index in [0.29, 0.717) is 6.42 Å². The van der Waals surface area contributed by atoms with Crippen LogP contribution in [0.5, 0.6) is 0 Å². The number of halogens is 5. The number of ether oxygens (including phenoxy) is 1. The van der Waals surface area contributed by atoms with Gasteiger partial charge in [0.25, 0.3) is 5.92 Å². The fraction of sp³-hybridized carbons (Fsp3) is 0.600. The maximum Gasteiger partial charge on any atom is 0.409 e. The van der Waals surface area contributed by atoms with Crippen LogP contribution in [-0.2, 0) is 4.74 Å². The van der Waals surface area contributed by atoms with Crippen molar-refractivity contribution in [2.24, 2.45) is 5.92 Å². The van der Waals surface area contributed by atoms with Gasteiger partial charge in [0.2, 0.25) is 5.28 Å². The van der Waals surface area contributed by atoms with Crippen molar-refractivity contribution < 1.29 is 22.7 Å². The fourth-order valence-corrected chi connectivity index (χ4v) is 4.22. The first-order valence-electron chi connectivity index (χ1n) is 9.98. The van der Waals surface area contributed by atoms with Crippen molar-refractivity contribution in [1.29, 1.82) is 0 Å². The maximum absolute atomic E-state index is 14.7. The normalized spacial score (nSPS) is 18.7. The molecule has 1 fully saturated rings. The quantitative estimate of drug-likeness (QED) is 0.431. The highest BCUT2D eigenvalue weighted by Gasteiger charge is 2.42. The summed E-state index contributed by atoms with van der Waals surface area (Å²) in [6.45, 7) is 5.35. The fourth-order valence-electron chi connectivity index (χ4n) is 3.92. The Hall–Kier alpha value is -2.07. The van der Waals surface area contributed by atoms with Gasteiger partial charge < -0.3 is 14.5 Å². The summed E-state index contributed by atoms with van der Waals surface area (Å²) >= 11 is 11.7. The molecule has 32 heavy (non-hydrogen) atoms. The van der Waals surface area contributed by atoms with Gasteiger partial charge in [0, 0.05) is 31.2 Å². The molecular formula is C20H24Cl2F3N5O2. The van der Waals surface area contributed by atoms with Crippen molar-refractivity contribution >= 4 is 46.0 Å². The summed E-state index contributed by atoms with van der Waals surface area (Å²) in [6, 6.07) is 0. The number of methoxy groups -OCH3 is 1. The van der Waals surface area contributed by atoms with Crippen LogP contribution >= 0.6 is 23.2 Å². The molecule has 176 valence electrons. The number of carbonyl (C=O) groups excluding carboxylic acids is 1. The van der Waals surface area contributed by atoms with Crippen molar-refractivity contribution in [2.45, 2.75) is 45.1 Å². The smallest absolute Gasteiger partial charge is 0.409 e. The largest absolute Gasteiger partial charge is 0.453 e. The van der Waals surface area contributed by atoms with E-state index < -0.39 is 41.0 Å². The molecule has 1 atom stereocenters. The van der Waals surface area contributed by atoms with Gasteiger partial charge in [-0.1, -0.05) is 11.6 Å². The zero-order valence-electron chi connectivity index (χ0n) is 18.1. The minimum Gasteiger partial charge on any atom is -0.453 e. The average Bonchev–Trinajstić information content (AvgIpc) is 2.68. The van der Waals surface area contributed by atoms with Crippen LogP contribution in [0.25, 0.3) is 10.9 Å². The average molecular weight is 494 g/mol. The van der Waals surface area contributed by atoms with Gasteiger partial charge in [0.1, 0.15) is 11.3 Å². The van der Waals surface area contributed by atoms with Crippen LogP contribution in [0.3, 0.4) is 0 Å². The Morgan fingerprint density at radius 1 is 1.34 bits per heavy atom. The lowest BCUT2D eigenvalue weighted by Gasteiger charge is -2.40. The first-order chi connectivity index (χ1) is 14.8. The third-order valence-electron chi connectivity index (χ3n) is 5.35. The lowest BCUT2D eigenvalue weighted by atomic mass is 9.91. The molecule has 3 rings (SSSR count). The van der Waals surface area contributed by atoms with Gasteiger partial charge in [-0.3, -0.25) is 0 Å². The predicted octanol–water partition coefficient (Wildman–Crippen LogP) is 5.19. The highest BCUT2D eigenvalue weighted by Crippen LogP contribution is 2.37. The van der Waals surface area contributed by atoms with E-state index >= 15 is 0 Å². The molecule has 7 nitrogen and oxygen atoms in total. The summed E-state index contributed by atoms with van der Waals surface area (Å²) in [7, 11) is 1.28. The lowest BCUT2D eigenvalue weighted by molar-refractivity contribution is -0.0321. The van der Waals surface area contributed by atoms with Gasteiger partial charge in [-0.05, 0) is 44.7 Å². The van der Waals surface area contributed by atoms with Gasteiger partial charge in [0.05, 0.1) is 19.0 Å². The molecule has 1 unspecified atom stereocenters. The van der Waals surface area contributed by atoms with Crippen molar-refractivity contribution in [3.63, 3.8) is 0 Å². The molecule has 2 aromatic rings. The molecule has 0 spiro atoms. The molecule has 0 saturated carbocycles. The van der Waals surface area contributed by atoms with Crippen LogP contribution in [0.4, 0.5) is 23.8 Å². The van der Waals surface area contributed by atoms with Crippen molar-refractivity contribution in [2.75, 3.05) is 31.6 Å². The van der Waals surface area contributed by atoms with E-state index in [2.05, 4.69) is 15.0 Å². The van der Waals surface area contributed by atoms with Crippen LogP contribution in [0.15, 0.2) is 6.20 Å². The van der Waals surface area contributed by atoms with Crippen molar-refractivity contribution in [3.05, 3.63) is 22.5 Å². The maximum atomic E-state index is 14.7. The zero-order chi connectivity index (χ0) is 23.8. The number of anilines is 1. The van der Waals surface area contributed by atoms with Crippen LogP contribution in [0.2, 0.25) is 10.4 Å². The Morgan fingerprint density at radius 3 is 2.66 bits per heavy atom. The Morgan fingerprint density at radius 2 is 2.03 bits per heavy atom. The first-order valence-corrected chi connectivity index (χ1v) is 10.7. The highest BCUT2D eigenvalue weighted by molar-refractivity contribution is 6.30. The number of hydrogen-bond acceptors (Lipinski definition) is 6. The summed E-state index contributed by atoms with van der Waals surface area (Å²) in [5.41, 5.74) is -0.724. The molecule has 0 bridgehead atoms. The van der Waals surface area contributed by atoms with Gasteiger partial charge in [-0.25, -0.2) is 27.9 Å². The molecule has 0 aliphatic carbocycles. The second kappa shape index (κ2) is 9.05. The summed E-state index contributed by atoms with van der Waals surface area (Å²) in [5, 5.41) is -0.549. The van der Waals surface area contributed by atoms with Crippen LogP contribution in [0.1, 0.15) is 33.6 Å². The third-order valence-corrected chi connectivity index (χ3v) is 5.78. The minimum absolute atomic E-state index is 0.0630. The number of fused-ring (bicyclic) bond motifs is 1. The lowest BCUT2D eigenvalue weighted by Crippen LogP contribution is -2.50. The number of pyridine rings is 1. The SMILES string of the molecule is COC(=O)N(CCC1CN(c2nc(Cl)nc3c(F)c(Cl)ncc23)CC(F)(F)C1)C(C)(C)C. The molecule has 2 aromatic heterocycles. The monoisotopic (exact) mass is 493 g/mol. The summed E-state index contributed by atoms with van der Waals surface area (Å²) in [6.07, 6.45) is 0.682. The van der Waals surface area contributed by atoms with Crippen LogP contribution in [0, 0.1) is 11.7 Å². The predicted molar refractivity (Wildman–Crippen MR) is 116 cm³/mol. The zero-order valence-corrected chi connectivity index (χ0v) is 19.6. The summed E-state index contributed by atoms with van der Waals surface area (Å²) < 4.78 is 48.6. The van der Waals surface area contributed by atoms with Gasteiger partial charge in [0.15, 0.2) is 11.0 Å². The Balaban J connectivity index is 1.90. The highest BCUT2D eigenvalue weighted by atomic mass is 35.5. The van der Waals surface area contributed by atoms with E-state index in [4.69, 9.17) is 27.9 Å². The second-order valence-corrected chi connectivity index (χ2v) is 9.53. The second-order valence-electron chi connectivity index (χ2n) is 8.83. The van der Waals surface area contributed by atoms with E-state index in [1.54, 1.807) is 0 Å². The molecule has 1 saturated heterocycles. The molecule has 0 aromatic carbocycles. The van der Waals surface area contributed by atoms with E-state index in [1.165, 1.54) is 23.1 Å². The van der Waals surface area contributed by atoms with Gasteiger partial charge >= 0.3 is 6.09 Å². The molecule has 1 amide bonds. The van der Waals surface area contributed by atoms with Crippen LogP contribution in [-0.4, -0.2) is 64.2 Å². The number of amides is 1. The van der Waals surface area contributed by atoms with Gasteiger partial charge in [-0.2, -0.15) is 4.98 Å². The summed E-state index contributed by atoms with van der Waals surface area (Å²) in [5.74, 6) is -4.33. The molecule has 1 aliphatic rings. The molecule has 3 heterocycles. The van der Waals surface area contributed by atoms with Crippen molar-refractivity contribution in [3.8, 4) is 0 Å². The molecule has 0 N–H and O–H groups in total. The number of piperidine rings is 1. The van der Waals surface area contributed by atoms with Gasteiger partial charge in [-0.15, -0.1) is 0 Å². The Labute approximate surface area is 193 Å². The molecule has 1 aliphatic heterocycles. The number of nitrogens with zero attached hydrogens (tertiary/aromatic N) is 5. The Bertz CT molecular complexity index is 1020. The standard InChI is InChI=1S/C20H24Cl2F3N5O2/c1-19(2,3)30(18(31)32-4)6-5-11-7-20(24,25)10-29(9-11)16-12-8-26-15(21)13(23)14(12)27-17(22)28-16/h8,11H,5-7,9-10H2,1-4H3. The van der Waals surface area contributed by atoms with E-state index in [1.807, 2.05) is 20.8 Å². The number of rotatable bonds is 4. The number of alkyl halides is 2. The molecular weight excluding hydrogens is 470 g/mol. The number of aromatic nitrogens is 3. The molecule has 12 heteroatoms.